The summed E-state index contributed by atoms with van der Waals surface area (Å²) in [6.07, 6.45) is 0. The summed E-state index contributed by atoms with van der Waals surface area (Å²) in [6.45, 7) is 4.45. The van der Waals surface area contributed by atoms with Gasteiger partial charge < -0.3 is 19.9 Å². The summed E-state index contributed by atoms with van der Waals surface area (Å²) in [4.78, 5) is 29.3. The molecule has 0 bridgehead atoms. The van der Waals surface area contributed by atoms with Crippen molar-refractivity contribution in [2.45, 2.75) is 6.92 Å². The van der Waals surface area contributed by atoms with Gasteiger partial charge in [0.15, 0.2) is 0 Å². The molecule has 170 valence electrons. The standard InChI is InChI=1S/C27H29N3O3/c1-19-7-12-23(28-26(31)22-5-4-6-24(17-22)29(2)3)18-25(19)20-8-10-21(11-9-20)27(32)30-13-15-33-16-14-30/h4-12,17-18H,13-16H2,1-3H3,(H,28,31). The van der Waals surface area contributed by atoms with Gasteiger partial charge in [0.1, 0.15) is 0 Å². The smallest absolute Gasteiger partial charge is 0.255 e. The summed E-state index contributed by atoms with van der Waals surface area (Å²) in [5, 5.41) is 3.00. The minimum Gasteiger partial charge on any atom is -0.378 e. The number of aryl methyl sites for hydroxylation is 1. The van der Waals surface area contributed by atoms with Crippen LogP contribution in [0.3, 0.4) is 0 Å². The first-order chi connectivity index (χ1) is 15.9. The minimum absolute atomic E-state index is 0.0301. The molecule has 0 unspecified atom stereocenters. The molecule has 1 aliphatic heterocycles. The van der Waals surface area contributed by atoms with Crippen LogP contribution in [0, 0.1) is 6.92 Å². The number of anilines is 2. The Hall–Kier alpha value is -3.64. The topological polar surface area (TPSA) is 61.9 Å². The van der Waals surface area contributed by atoms with Gasteiger partial charge in [-0.3, -0.25) is 9.59 Å². The van der Waals surface area contributed by atoms with Crippen molar-refractivity contribution in [3.63, 3.8) is 0 Å². The zero-order chi connectivity index (χ0) is 23.4. The van der Waals surface area contributed by atoms with Gasteiger partial charge in [-0.1, -0.05) is 24.3 Å². The molecule has 1 heterocycles. The zero-order valence-corrected chi connectivity index (χ0v) is 19.3. The van der Waals surface area contributed by atoms with Crippen molar-refractivity contribution in [2.24, 2.45) is 0 Å². The molecule has 0 radical (unpaired) electrons. The molecule has 4 rings (SSSR count). The maximum absolute atomic E-state index is 12.8. The lowest BCUT2D eigenvalue weighted by Crippen LogP contribution is -2.40. The number of ether oxygens (including phenoxy) is 1. The second-order valence-corrected chi connectivity index (χ2v) is 8.41. The van der Waals surface area contributed by atoms with E-state index in [1.807, 2.05) is 97.5 Å². The van der Waals surface area contributed by atoms with E-state index >= 15 is 0 Å². The lowest BCUT2D eigenvalue weighted by molar-refractivity contribution is 0.0303. The third-order valence-electron chi connectivity index (χ3n) is 5.86. The molecular formula is C27H29N3O3. The molecule has 0 aromatic heterocycles. The van der Waals surface area contributed by atoms with E-state index in [9.17, 15) is 9.59 Å². The average Bonchev–Trinajstić information content (AvgIpc) is 2.85. The fourth-order valence-corrected chi connectivity index (χ4v) is 3.88. The molecule has 33 heavy (non-hydrogen) atoms. The number of hydrogen-bond acceptors (Lipinski definition) is 4. The van der Waals surface area contributed by atoms with Crippen LogP contribution in [0.4, 0.5) is 11.4 Å². The lowest BCUT2D eigenvalue weighted by atomic mass is 9.98. The fourth-order valence-electron chi connectivity index (χ4n) is 3.88. The molecule has 0 aliphatic carbocycles. The molecule has 3 aromatic rings. The number of benzene rings is 3. The number of hydrogen-bond donors (Lipinski definition) is 1. The number of rotatable bonds is 5. The molecule has 1 aliphatic rings. The third kappa shape index (κ3) is 5.23. The van der Waals surface area contributed by atoms with Crippen molar-refractivity contribution >= 4 is 23.2 Å². The van der Waals surface area contributed by atoms with Gasteiger partial charge in [-0.25, -0.2) is 0 Å². The van der Waals surface area contributed by atoms with Gasteiger partial charge in [0.05, 0.1) is 13.2 Å². The molecule has 3 aromatic carbocycles. The van der Waals surface area contributed by atoms with Gasteiger partial charge >= 0.3 is 0 Å². The highest BCUT2D eigenvalue weighted by Gasteiger charge is 2.18. The monoisotopic (exact) mass is 443 g/mol. The van der Waals surface area contributed by atoms with Crippen LogP contribution in [0.5, 0.6) is 0 Å². The van der Waals surface area contributed by atoms with Gasteiger partial charge in [0, 0.05) is 49.7 Å². The van der Waals surface area contributed by atoms with Gasteiger partial charge in [-0.2, -0.15) is 0 Å². The van der Waals surface area contributed by atoms with Crippen LogP contribution < -0.4 is 10.2 Å². The Morgan fingerprint density at radius 1 is 0.909 bits per heavy atom. The number of nitrogens with zero attached hydrogens (tertiary/aromatic N) is 2. The van der Waals surface area contributed by atoms with Crippen LogP contribution in [0.15, 0.2) is 66.7 Å². The Morgan fingerprint density at radius 3 is 2.33 bits per heavy atom. The van der Waals surface area contributed by atoms with E-state index in [0.29, 0.717) is 37.4 Å². The SMILES string of the molecule is Cc1ccc(NC(=O)c2cccc(N(C)C)c2)cc1-c1ccc(C(=O)N2CCOCC2)cc1. The summed E-state index contributed by atoms with van der Waals surface area (Å²) in [5.74, 6) is -0.123. The van der Waals surface area contributed by atoms with Crippen LogP contribution in [0.1, 0.15) is 26.3 Å². The Bertz CT molecular complexity index is 1150. The highest BCUT2D eigenvalue weighted by Crippen LogP contribution is 2.28. The maximum Gasteiger partial charge on any atom is 0.255 e. The summed E-state index contributed by atoms with van der Waals surface area (Å²) in [7, 11) is 3.89. The van der Waals surface area contributed by atoms with E-state index in [4.69, 9.17) is 4.74 Å². The summed E-state index contributed by atoms with van der Waals surface area (Å²) < 4.78 is 5.33. The number of amides is 2. The van der Waals surface area contributed by atoms with E-state index in [1.54, 1.807) is 0 Å². The molecule has 0 spiro atoms. The van der Waals surface area contributed by atoms with Crippen molar-refractivity contribution in [3.05, 3.63) is 83.4 Å². The number of nitrogens with one attached hydrogen (secondary N) is 1. The second kappa shape index (κ2) is 9.88. The zero-order valence-electron chi connectivity index (χ0n) is 19.3. The Labute approximate surface area is 194 Å². The Kier molecular flexibility index (Phi) is 6.75. The van der Waals surface area contributed by atoms with E-state index in [2.05, 4.69) is 5.32 Å². The molecular weight excluding hydrogens is 414 g/mol. The first-order valence-electron chi connectivity index (χ1n) is 11.1. The highest BCUT2D eigenvalue weighted by atomic mass is 16.5. The summed E-state index contributed by atoms with van der Waals surface area (Å²) >= 11 is 0. The molecule has 6 heteroatoms. The molecule has 1 saturated heterocycles. The first kappa shape index (κ1) is 22.6. The van der Waals surface area contributed by atoms with E-state index in [0.717, 1.165) is 28.1 Å². The highest BCUT2D eigenvalue weighted by molar-refractivity contribution is 6.05. The molecule has 0 atom stereocenters. The first-order valence-corrected chi connectivity index (χ1v) is 11.1. The third-order valence-corrected chi connectivity index (χ3v) is 5.86. The minimum atomic E-state index is -0.153. The number of morpholine rings is 1. The number of carbonyl (C=O) groups is 2. The molecule has 1 fully saturated rings. The van der Waals surface area contributed by atoms with Crippen LogP contribution in [-0.4, -0.2) is 57.1 Å². The molecule has 1 N–H and O–H groups in total. The predicted molar refractivity (Wildman–Crippen MR) is 132 cm³/mol. The van der Waals surface area contributed by atoms with Gasteiger partial charge in [-0.15, -0.1) is 0 Å². The van der Waals surface area contributed by atoms with Crippen molar-refractivity contribution in [3.8, 4) is 11.1 Å². The van der Waals surface area contributed by atoms with Crippen molar-refractivity contribution in [2.75, 3.05) is 50.6 Å². The van der Waals surface area contributed by atoms with E-state index in [1.165, 1.54) is 0 Å². The average molecular weight is 444 g/mol. The normalized spacial score (nSPS) is 13.5. The van der Waals surface area contributed by atoms with Crippen LogP contribution in [0.25, 0.3) is 11.1 Å². The van der Waals surface area contributed by atoms with Crippen LogP contribution in [-0.2, 0) is 4.74 Å². The molecule has 6 nitrogen and oxygen atoms in total. The quantitative estimate of drug-likeness (QED) is 0.633. The van der Waals surface area contributed by atoms with Gasteiger partial charge in [-0.05, 0) is 66.1 Å². The van der Waals surface area contributed by atoms with Crippen molar-refractivity contribution in [1.82, 2.24) is 4.90 Å². The number of carbonyl (C=O) groups excluding carboxylic acids is 2. The van der Waals surface area contributed by atoms with E-state index in [-0.39, 0.29) is 11.8 Å². The Morgan fingerprint density at radius 2 is 1.64 bits per heavy atom. The summed E-state index contributed by atoms with van der Waals surface area (Å²) in [6, 6.07) is 21.0. The maximum atomic E-state index is 12.8. The van der Waals surface area contributed by atoms with Crippen LogP contribution in [0.2, 0.25) is 0 Å². The van der Waals surface area contributed by atoms with Crippen molar-refractivity contribution < 1.29 is 14.3 Å². The lowest BCUT2D eigenvalue weighted by Gasteiger charge is -2.26. The largest absolute Gasteiger partial charge is 0.378 e. The predicted octanol–water partition coefficient (Wildman–Crippen LogP) is 4.45. The molecule has 0 saturated carbocycles. The summed E-state index contributed by atoms with van der Waals surface area (Å²) in [5.41, 5.74) is 6.08. The van der Waals surface area contributed by atoms with Crippen LogP contribution >= 0.6 is 0 Å². The van der Waals surface area contributed by atoms with Crippen molar-refractivity contribution in [1.29, 1.82) is 0 Å². The van der Waals surface area contributed by atoms with Gasteiger partial charge in [0.25, 0.3) is 11.8 Å². The van der Waals surface area contributed by atoms with E-state index < -0.39 is 0 Å². The second-order valence-electron chi connectivity index (χ2n) is 8.41. The fraction of sp³-hybridized carbons (Fsp3) is 0.259. The Balaban J connectivity index is 1.52. The van der Waals surface area contributed by atoms with Gasteiger partial charge in [0.2, 0.25) is 0 Å². The molecule has 2 amide bonds.